The van der Waals surface area contributed by atoms with Gasteiger partial charge in [-0.15, -0.1) is 0 Å². The first-order valence-electron chi connectivity index (χ1n) is 11.6. The molecule has 4 aliphatic rings. The number of aliphatic hydroxyl groups excluding tert-OH is 3. The fraction of sp³-hybridized carbons (Fsp3) is 0.667. The molecule has 0 amide bonds. The van der Waals surface area contributed by atoms with Crippen molar-refractivity contribution in [2.75, 3.05) is 0 Å². The lowest BCUT2D eigenvalue weighted by molar-refractivity contribution is -0.301. The third kappa shape index (κ3) is 3.49. The van der Waals surface area contributed by atoms with Crippen LogP contribution in [0, 0.1) is 17.3 Å². The van der Waals surface area contributed by atoms with Crippen LogP contribution < -0.4 is 0 Å². The van der Waals surface area contributed by atoms with Gasteiger partial charge in [-0.05, 0) is 73.1 Å². The number of aliphatic carboxylic acids is 1. The highest BCUT2D eigenvalue weighted by Gasteiger charge is 2.60. The molecule has 1 heterocycles. The summed E-state index contributed by atoms with van der Waals surface area (Å²) < 4.78 is 11.1. The molecule has 1 aliphatic heterocycles. The number of aromatic hydroxyl groups is 1. The van der Waals surface area contributed by atoms with Gasteiger partial charge in [0.25, 0.3) is 0 Å². The van der Waals surface area contributed by atoms with Gasteiger partial charge in [0.15, 0.2) is 18.2 Å². The van der Waals surface area contributed by atoms with Crippen LogP contribution in [0.3, 0.4) is 0 Å². The molecule has 10 atom stereocenters. The van der Waals surface area contributed by atoms with E-state index in [-0.39, 0.29) is 23.4 Å². The van der Waals surface area contributed by atoms with E-state index >= 15 is 0 Å². The number of ketones is 1. The van der Waals surface area contributed by atoms with Crippen molar-refractivity contribution in [3.63, 3.8) is 0 Å². The maximum Gasteiger partial charge on any atom is 0.335 e. The zero-order valence-electron chi connectivity index (χ0n) is 18.3. The molecule has 9 heteroatoms. The standard InChI is InChI=1S/C24H30O9/c1-24-7-6-13-12-5-3-11(25)8-10(12)2-4-14(13)15(24)9-16(21(24)29)32-23-19(28)17(26)18(27)20(33-23)22(30)31/h3,5,8,13-20,23,25-28H,2,4,6-7,9H2,1H3,(H,30,31)/t13?,14?,15?,16?,17?,18?,19?,20?,23?,24-/m0/s1. The monoisotopic (exact) mass is 462 g/mol. The number of Topliss-reactive ketones (excluding diaryl/α,β-unsaturated/α-hetero) is 1. The lowest BCUT2D eigenvalue weighted by Gasteiger charge is -2.48. The van der Waals surface area contributed by atoms with Gasteiger partial charge in [0, 0.05) is 5.41 Å². The largest absolute Gasteiger partial charge is 0.508 e. The van der Waals surface area contributed by atoms with Crippen LogP contribution in [0.4, 0.5) is 0 Å². The summed E-state index contributed by atoms with van der Waals surface area (Å²) >= 11 is 0. The van der Waals surface area contributed by atoms with Crippen molar-refractivity contribution >= 4 is 11.8 Å². The minimum absolute atomic E-state index is 0.0576. The average Bonchev–Trinajstić information content (AvgIpc) is 3.03. The molecule has 180 valence electrons. The first-order valence-corrected chi connectivity index (χ1v) is 11.6. The van der Waals surface area contributed by atoms with Gasteiger partial charge < -0.3 is 35.0 Å². The van der Waals surface area contributed by atoms with Crippen molar-refractivity contribution in [1.29, 1.82) is 0 Å². The van der Waals surface area contributed by atoms with Gasteiger partial charge in [-0.25, -0.2) is 4.79 Å². The van der Waals surface area contributed by atoms with Gasteiger partial charge in [-0.3, -0.25) is 4.79 Å². The Hall–Kier alpha value is -2.04. The lowest BCUT2D eigenvalue weighted by Crippen LogP contribution is -2.61. The van der Waals surface area contributed by atoms with E-state index in [0.717, 1.165) is 24.8 Å². The van der Waals surface area contributed by atoms with E-state index in [9.17, 15) is 35.1 Å². The van der Waals surface area contributed by atoms with E-state index in [2.05, 4.69) is 0 Å². The van der Waals surface area contributed by atoms with Crippen molar-refractivity contribution in [2.24, 2.45) is 17.3 Å². The smallest absolute Gasteiger partial charge is 0.335 e. The summed E-state index contributed by atoms with van der Waals surface area (Å²) in [5.74, 6) is -0.697. The number of carboxylic acid groups (broad SMARTS) is 1. The Morgan fingerprint density at radius 1 is 1.15 bits per heavy atom. The SMILES string of the molecule is C[C@]12CCC3c4ccc(O)cc4CCC3C1CC(OC1OC(C(=O)O)C(O)C(O)C1O)C2=O. The molecule has 1 aromatic carbocycles. The molecular weight excluding hydrogens is 432 g/mol. The molecule has 9 nitrogen and oxygen atoms in total. The molecule has 3 aliphatic carbocycles. The maximum absolute atomic E-state index is 13.4. The number of carbonyl (C=O) groups excluding carboxylic acids is 1. The van der Waals surface area contributed by atoms with Crippen LogP contribution in [0.15, 0.2) is 18.2 Å². The summed E-state index contributed by atoms with van der Waals surface area (Å²) in [5, 5.41) is 49.4. The van der Waals surface area contributed by atoms with Crippen molar-refractivity contribution in [2.45, 2.75) is 81.8 Å². The first kappa shape index (κ1) is 22.7. The van der Waals surface area contributed by atoms with E-state index in [0.29, 0.717) is 18.8 Å². The van der Waals surface area contributed by atoms with Crippen molar-refractivity contribution < 1.29 is 44.6 Å². The van der Waals surface area contributed by atoms with Crippen LogP contribution >= 0.6 is 0 Å². The fourth-order valence-corrected chi connectivity index (χ4v) is 6.78. The van der Waals surface area contributed by atoms with Gasteiger partial charge in [-0.2, -0.15) is 0 Å². The zero-order valence-corrected chi connectivity index (χ0v) is 18.3. The van der Waals surface area contributed by atoms with E-state index in [1.807, 2.05) is 19.1 Å². The Labute approximate surface area is 190 Å². The summed E-state index contributed by atoms with van der Waals surface area (Å²) in [6.45, 7) is 1.96. The summed E-state index contributed by atoms with van der Waals surface area (Å²) in [4.78, 5) is 24.8. The second kappa shape index (κ2) is 8.02. The molecule has 5 N–H and O–H groups in total. The third-order valence-corrected chi connectivity index (χ3v) is 8.53. The average molecular weight is 462 g/mol. The van der Waals surface area contributed by atoms with Crippen LogP contribution in [0.2, 0.25) is 0 Å². The number of aryl methyl sites for hydroxylation is 1. The molecule has 2 saturated carbocycles. The molecular formula is C24H30O9. The van der Waals surface area contributed by atoms with Crippen LogP contribution in [0.1, 0.15) is 49.7 Å². The summed E-state index contributed by atoms with van der Waals surface area (Å²) in [5.41, 5.74) is 1.79. The highest BCUT2D eigenvalue weighted by Crippen LogP contribution is 2.60. The van der Waals surface area contributed by atoms with E-state index in [4.69, 9.17) is 9.47 Å². The molecule has 0 aromatic heterocycles. The minimum Gasteiger partial charge on any atom is -0.508 e. The van der Waals surface area contributed by atoms with Crippen LogP contribution in [0.25, 0.3) is 0 Å². The third-order valence-electron chi connectivity index (χ3n) is 8.53. The predicted molar refractivity (Wildman–Crippen MR) is 112 cm³/mol. The van der Waals surface area contributed by atoms with Crippen LogP contribution in [0.5, 0.6) is 5.75 Å². The zero-order chi connectivity index (χ0) is 23.7. The molecule has 1 saturated heterocycles. The van der Waals surface area contributed by atoms with Gasteiger partial charge in [0.2, 0.25) is 0 Å². The fourth-order valence-electron chi connectivity index (χ4n) is 6.78. The molecule has 1 aromatic rings. The number of ether oxygens (including phenoxy) is 2. The van der Waals surface area contributed by atoms with Gasteiger partial charge >= 0.3 is 5.97 Å². The molecule has 0 bridgehead atoms. The molecule has 3 fully saturated rings. The second-order valence-electron chi connectivity index (χ2n) is 10.2. The number of phenolic OH excluding ortho intramolecular Hbond substituents is 1. The number of hydrogen-bond acceptors (Lipinski definition) is 8. The predicted octanol–water partition coefficient (Wildman–Crippen LogP) is 0.705. The van der Waals surface area contributed by atoms with Crippen LogP contribution in [-0.4, -0.2) is 74.1 Å². The van der Waals surface area contributed by atoms with Crippen molar-refractivity contribution in [3.8, 4) is 5.75 Å². The van der Waals surface area contributed by atoms with Gasteiger partial charge in [-0.1, -0.05) is 13.0 Å². The maximum atomic E-state index is 13.4. The first-order chi connectivity index (χ1) is 15.6. The Balaban J connectivity index is 1.36. The molecule has 9 unspecified atom stereocenters. The number of aliphatic hydroxyl groups is 3. The Morgan fingerprint density at radius 3 is 2.64 bits per heavy atom. The van der Waals surface area contributed by atoms with E-state index in [1.54, 1.807) is 6.07 Å². The Bertz CT molecular complexity index is 963. The highest BCUT2D eigenvalue weighted by atomic mass is 16.7. The number of rotatable bonds is 3. The molecule has 33 heavy (non-hydrogen) atoms. The number of carboxylic acids is 1. The number of hydrogen-bond donors (Lipinski definition) is 5. The summed E-state index contributed by atoms with van der Waals surface area (Å²) in [7, 11) is 0. The lowest BCUT2D eigenvalue weighted by atomic mass is 9.55. The topological polar surface area (TPSA) is 154 Å². The minimum atomic E-state index is -1.81. The van der Waals surface area contributed by atoms with Gasteiger partial charge in [0.05, 0.1) is 0 Å². The number of fused-ring (bicyclic) bond motifs is 5. The Kier molecular flexibility index (Phi) is 5.53. The van der Waals surface area contributed by atoms with E-state index < -0.39 is 48.2 Å². The highest BCUT2D eigenvalue weighted by molar-refractivity contribution is 5.91. The quantitative estimate of drug-likeness (QED) is 0.437. The normalized spacial score (nSPS) is 44.6. The van der Waals surface area contributed by atoms with Crippen molar-refractivity contribution in [1.82, 2.24) is 0 Å². The van der Waals surface area contributed by atoms with E-state index in [1.165, 1.54) is 5.56 Å². The number of phenols is 1. The molecule has 0 spiro atoms. The van der Waals surface area contributed by atoms with Crippen molar-refractivity contribution in [3.05, 3.63) is 29.3 Å². The molecule has 5 rings (SSSR count). The summed E-state index contributed by atoms with van der Waals surface area (Å²) in [6, 6.07) is 5.52. The summed E-state index contributed by atoms with van der Waals surface area (Å²) in [6.07, 6.45) is -5.76. The molecule has 0 radical (unpaired) electrons. The van der Waals surface area contributed by atoms with Gasteiger partial charge in [0.1, 0.15) is 30.2 Å². The number of carbonyl (C=O) groups is 2. The van der Waals surface area contributed by atoms with Crippen LogP contribution in [-0.2, 0) is 25.5 Å². The Morgan fingerprint density at radius 2 is 1.91 bits per heavy atom. The second-order valence-corrected chi connectivity index (χ2v) is 10.2. The number of benzene rings is 1.